The van der Waals surface area contributed by atoms with Gasteiger partial charge in [0.25, 0.3) is 6.71 Å². The van der Waals surface area contributed by atoms with Crippen LogP contribution >= 0.6 is 0 Å². The maximum absolute atomic E-state index is 6.62. The maximum Gasteiger partial charge on any atom is 0.252 e. The quantitative estimate of drug-likeness (QED) is 0.142. The molecule has 14 rings (SSSR count). The summed E-state index contributed by atoms with van der Waals surface area (Å²) in [6.07, 6.45) is 8.41. The highest BCUT2D eigenvalue weighted by molar-refractivity contribution is 7.00. The van der Waals surface area contributed by atoms with Crippen molar-refractivity contribution in [1.29, 1.82) is 0 Å². The average molecular weight is 1100 g/mol. The molecule has 0 N–H and O–H groups in total. The molecule has 5 nitrogen and oxygen atoms in total. The van der Waals surface area contributed by atoms with Crippen LogP contribution in [0.15, 0.2) is 198 Å². The molecule has 2 aliphatic rings. The molecule has 0 radical (unpaired) electrons. The van der Waals surface area contributed by atoms with E-state index in [-0.39, 0.29) is 17.5 Å². The van der Waals surface area contributed by atoms with Crippen LogP contribution in [0.1, 0.15) is 98.7 Å². The number of allylic oxidation sites excluding steroid dienone is 2. The van der Waals surface area contributed by atoms with E-state index in [9.17, 15) is 0 Å². The summed E-state index contributed by atoms with van der Waals surface area (Å²) in [5.41, 5.74) is 29.4. The Hall–Kier alpha value is -9.52. The van der Waals surface area contributed by atoms with E-state index in [2.05, 4.69) is 262 Å². The van der Waals surface area contributed by atoms with Crippen LogP contribution in [0.4, 0.5) is 34.1 Å². The van der Waals surface area contributed by atoms with Crippen molar-refractivity contribution in [1.82, 2.24) is 4.57 Å². The van der Waals surface area contributed by atoms with E-state index >= 15 is 0 Å². The predicted molar refractivity (Wildman–Crippen MR) is 365 cm³/mol. The second-order valence-electron chi connectivity index (χ2n) is 25.6. The van der Waals surface area contributed by atoms with Crippen molar-refractivity contribution in [2.45, 2.75) is 87.0 Å². The van der Waals surface area contributed by atoms with Crippen LogP contribution in [0.25, 0.3) is 84.9 Å². The minimum absolute atomic E-state index is 0.120. The Morgan fingerprint density at radius 1 is 0.541 bits per heavy atom. The Kier molecular flexibility index (Phi) is 12.3. The first-order valence-corrected chi connectivity index (χ1v) is 29.8. The van der Waals surface area contributed by atoms with E-state index in [0.29, 0.717) is 0 Å². The lowest BCUT2D eigenvalue weighted by Gasteiger charge is -2.46. The number of hydrogen-bond donors (Lipinski definition) is 0. The highest BCUT2D eigenvalue weighted by Gasteiger charge is 2.45. The van der Waals surface area contributed by atoms with Crippen molar-refractivity contribution >= 4 is 125 Å². The highest BCUT2D eigenvalue weighted by Crippen LogP contribution is 2.50. The van der Waals surface area contributed by atoms with Gasteiger partial charge in [-0.15, -0.1) is 0 Å². The molecule has 0 fully saturated rings. The van der Waals surface area contributed by atoms with E-state index in [1.165, 1.54) is 61.1 Å². The van der Waals surface area contributed by atoms with E-state index in [1.54, 1.807) is 0 Å². The molecule has 85 heavy (non-hydrogen) atoms. The van der Waals surface area contributed by atoms with Crippen LogP contribution in [0.3, 0.4) is 0 Å². The molecule has 0 atom stereocenters. The smallest absolute Gasteiger partial charge is 0.252 e. The van der Waals surface area contributed by atoms with Gasteiger partial charge in [-0.2, -0.15) is 0 Å². The van der Waals surface area contributed by atoms with Crippen LogP contribution in [0.2, 0.25) is 0 Å². The molecular weight excluding hydrogens is 1030 g/mol. The summed E-state index contributed by atoms with van der Waals surface area (Å²) in [4.78, 5) is 5.18. The van der Waals surface area contributed by atoms with Crippen molar-refractivity contribution in [3.8, 4) is 16.8 Å². The van der Waals surface area contributed by atoms with Gasteiger partial charge in [-0.1, -0.05) is 183 Å². The number of aromatic nitrogens is 1. The molecule has 12 aromatic rings. The Balaban J connectivity index is 1.08. The summed E-state index contributed by atoms with van der Waals surface area (Å²) in [6, 6.07) is 60.7. The van der Waals surface area contributed by atoms with Crippen LogP contribution in [0.5, 0.6) is 0 Å². The summed E-state index contributed by atoms with van der Waals surface area (Å²) in [7, 11) is 0. The molecule has 0 saturated heterocycles. The number of fused-ring (bicyclic) bond motifs is 9. The average Bonchev–Trinajstić information content (AvgIpc) is 2.37. The van der Waals surface area contributed by atoms with Gasteiger partial charge in [0.05, 0.1) is 22.6 Å². The van der Waals surface area contributed by atoms with Crippen molar-refractivity contribution in [2.24, 2.45) is 0 Å². The summed E-state index contributed by atoms with van der Waals surface area (Å²) in [6.45, 7) is 38.4. The van der Waals surface area contributed by atoms with Gasteiger partial charge in [0, 0.05) is 71.9 Å². The third-order valence-corrected chi connectivity index (χ3v) is 18.2. The first-order valence-electron chi connectivity index (χ1n) is 29.8. The third-order valence-electron chi connectivity index (χ3n) is 18.2. The van der Waals surface area contributed by atoms with Crippen molar-refractivity contribution in [3.63, 3.8) is 0 Å². The van der Waals surface area contributed by atoms with E-state index < -0.39 is 0 Å². The number of furan rings is 2. The zero-order valence-electron chi connectivity index (χ0n) is 50.8. The summed E-state index contributed by atoms with van der Waals surface area (Å²) < 4.78 is 15.7. The first kappa shape index (κ1) is 53.5. The summed E-state index contributed by atoms with van der Waals surface area (Å²) >= 11 is 0. The number of rotatable bonds is 8. The van der Waals surface area contributed by atoms with Crippen LogP contribution < -0.4 is 36.8 Å². The first-order chi connectivity index (χ1) is 40.9. The molecule has 0 bridgehead atoms. The van der Waals surface area contributed by atoms with Crippen molar-refractivity contribution in [3.05, 3.63) is 250 Å². The molecule has 0 amide bonds. The largest absolute Gasteiger partial charge is 0.455 e. The second-order valence-corrected chi connectivity index (χ2v) is 25.6. The Bertz CT molecular complexity index is 4940. The Morgan fingerprint density at radius 2 is 1.15 bits per heavy atom. The van der Waals surface area contributed by atoms with Crippen molar-refractivity contribution < 1.29 is 8.83 Å². The lowest BCUT2D eigenvalue weighted by atomic mass is 9.33. The standard InChI is InChI=1S/C79H70BN3O2/c1-15-24-59-62-44-64-68(45-66(62)82(65(59)17-3)74-46(4)25-22-26-47(74)5)83(75-48(6)39-52(40-49(75)7)56(16-2)76-50(8)57-27-18-20-31-71(57)84-76)70-43-54(79(12,13)14)42-69-73(70)80(64)63-38-35-53(78(9,10)11)41-67(63)81(69)55-36-33-51(34-37-55)58-29-23-30-61-60-28-19-21-32-72(60)85-77(58)61/h15-45H,2-3,8H2,1,4-7,9-14H3/b24-15-,76-56-. The van der Waals surface area contributed by atoms with Crippen LogP contribution in [-0.2, 0) is 10.8 Å². The molecular formula is C79H70BN3O2. The SMILES string of the molecule is C=C/C(c1cc(C)c(N2c3cc4c(cc3B3c5ccc(C(C)(C)C)cc5N(c5ccc(-c6cccc7c6oc6ccccc67)cc5)c5cc(C(C)(C)C)cc2c53)c(/C=C\C)c(C=C)n4-c2c(C)cccc2C)c(C)c1)=c1/oc2ccccc2c1=C. The molecule has 6 heteroatoms. The molecule has 0 aliphatic carbocycles. The molecule has 416 valence electrons. The third kappa shape index (κ3) is 8.20. The zero-order valence-corrected chi connectivity index (χ0v) is 50.8. The monoisotopic (exact) mass is 1100 g/mol. The normalized spacial score (nSPS) is 13.6. The van der Waals surface area contributed by atoms with Gasteiger partial charge in [0.1, 0.15) is 22.2 Å². The molecule has 9 aromatic carbocycles. The second kappa shape index (κ2) is 19.5. The van der Waals surface area contributed by atoms with Gasteiger partial charge in [-0.25, -0.2) is 0 Å². The number of aryl methyl sites for hydroxylation is 4. The lowest BCUT2D eigenvalue weighted by molar-refractivity contribution is 0.573. The molecule has 0 saturated carbocycles. The summed E-state index contributed by atoms with van der Waals surface area (Å²) in [5.74, 6) is 0. The van der Waals surface area contributed by atoms with Crippen LogP contribution in [0, 0.1) is 27.7 Å². The topological polar surface area (TPSA) is 37.7 Å². The van der Waals surface area contributed by atoms with Crippen molar-refractivity contribution in [2.75, 3.05) is 9.80 Å². The number of hydrogen-bond acceptors (Lipinski definition) is 4. The van der Waals surface area contributed by atoms with Gasteiger partial charge < -0.3 is 23.2 Å². The Labute approximate surface area is 499 Å². The van der Waals surface area contributed by atoms with E-state index in [4.69, 9.17) is 8.83 Å². The lowest BCUT2D eigenvalue weighted by Crippen LogP contribution is -2.61. The van der Waals surface area contributed by atoms with E-state index in [1.807, 2.05) is 36.4 Å². The summed E-state index contributed by atoms with van der Waals surface area (Å²) in [5, 5.41) is 5.28. The molecule has 5 heterocycles. The molecule has 3 aromatic heterocycles. The van der Waals surface area contributed by atoms with Crippen LogP contribution in [-0.4, -0.2) is 11.3 Å². The van der Waals surface area contributed by atoms with Gasteiger partial charge in [-0.3, -0.25) is 0 Å². The van der Waals surface area contributed by atoms with Gasteiger partial charge >= 0.3 is 0 Å². The van der Waals surface area contributed by atoms with Gasteiger partial charge in [0.2, 0.25) is 0 Å². The minimum Gasteiger partial charge on any atom is -0.455 e. The number of anilines is 6. The molecule has 0 spiro atoms. The molecule has 0 unspecified atom stereocenters. The van der Waals surface area contributed by atoms with Gasteiger partial charge in [0.15, 0.2) is 0 Å². The predicted octanol–water partition coefficient (Wildman–Crippen LogP) is 18.3. The number of nitrogens with zero attached hydrogens (tertiary/aromatic N) is 3. The highest BCUT2D eigenvalue weighted by atomic mass is 16.3. The number of para-hydroxylation sites is 4. The maximum atomic E-state index is 6.62. The fraction of sp³-hybridized carbons (Fsp3) is 0.165. The molecule has 2 aliphatic heterocycles. The van der Waals surface area contributed by atoms with E-state index in [0.717, 1.165) is 116 Å². The fourth-order valence-corrected chi connectivity index (χ4v) is 14.1. The minimum atomic E-state index is -0.233. The van der Waals surface area contributed by atoms with Gasteiger partial charge in [-0.05, 0) is 173 Å². The fourth-order valence-electron chi connectivity index (χ4n) is 14.1. The Morgan fingerprint density at radius 3 is 1.80 bits per heavy atom. The number of benzene rings is 9. The zero-order chi connectivity index (χ0) is 59.1.